The standard InChI is InChI=1S/C16H21N3O/c1-14(20)19-11-8-16(13-17,9-12-19)18-10-7-15-5-3-2-4-6-15/h2-6,18H,7-12H2,1H3. The van der Waals surface area contributed by atoms with Crippen molar-refractivity contribution in [2.45, 2.75) is 31.7 Å². The molecule has 1 saturated heterocycles. The average molecular weight is 271 g/mol. The monoisotopic (exact) mass is 271 g/mol. The van der Waals surface area contributed by atoms with E-state index in [1.165, 1.54) is 5.56 Å². The Labute approximate surface area is 120 Å². The van der Waals surface area contributed by atoms with E-state index >= 15 is 0 Å². The van der Waals surface area contributed by atoms with E-state index in [1.54, 1.807) is 6.92 Å². The normalized spacial score (nSPS) is 17.5. The minimum absolute atomic E-state index is 0.0980. The molecule has 1 aromatic carbocycles. The van der Waals surface area contributed by atoms with Crippen molar-refractivity contribution in [1.82, 2.24) is 10.2 Å². The summed E-state index contributed by atoms with van der Waals surface area (Å²) in [5.41, 5.74) is 0.801. The molecule has 1 fully saturated rings. The van der Waals surface area contributed by atoms with Crippen LogP contribution in [0.5, 0.6) is 0 Å². The molecule has 0 radical (unpaired) electrons. The molecule has 0 atom stereocenters. The van der Waals surface area contributed by atoms with Crippen LogP contribution in [0.25, 0.3) is 0 Å². The van der Waals surface area contributed by atoms with E-state index in [2.05, 4.69) is 23.5 Å². The summed E-state index contributed by atoms with van der Waals surface area (Å²) >= 11 is 0. The smallest absolute Gasteiger partial charge is 0.219 e. The number of nitriles is 1. The number of carbonyl (C=O) groups is 1. The van der Waals surface area contributed by atoms with E-state index in [4.69, 9.17) is 0 Å². The van der Waals surface area contributed by atoms with Crippen LogP contribution in [-0.2, 0) is 11.2 Å². The first-order valence-corrected chi connectivity index (χ1v) is 7.11. The third-order valence-corrected chi connectivity index (χ3v) is 4.00. The second kappa shape index (κ2) is 6.53. The molecule has 1 aliphatic rings. The summed E-state index contributed by atoms with van der Waals surface area (Å²) in [6.07, 6.45) is 2.33. The minimum atomic E-state index is -0.471. The van der Waals surface area contributed by atoms with Crippen LogP contribution in [-0.4, -0.2) is 36.0 Å². The Bertz CT molecular complexity index is 484. The van der Waals surface area contributed by atoms with Crippen molar-refractivity contribution in [2.75, 3.05) is 19.6 Å². The highest BCUT2D eigenvalue weighted by Gasteiger charge is 2.34. The third-order valence-electron chi connectivity index (χ3n) is 4.00. The van der Waals surface area contributed by atoms with Crippen LogP contribution in [0.15, 0.2) is 30.3 Å². The molecule has 0 aliphatic carbocycles. The first-order valence-electron chi connectivity index (χ1n) is 7.11. The largest absolute Gasteiger partial charge is 0.343 e. The summed E-state index contributed by atoms with van der Waals surface area (Å²) in [6, 6.07) is 12.7. The van der Waals surface area contributed by atoms with Gasteiger partial charge in [0.1, 0.15) is 5.54 Å². The van der Waals surface area contributed by atoms with Crippen LogP contribution < -0.4 is 5.32 Å². The van der Waals surface area contributed by atoms with Crippen molar-refractivity contribution in [3.8, 4) is 6.07 Å². The van der Waals surface area contributed by atoms with E-state index in [9.17, 15) is 10.1 Å². The molecule has 0 spiro atoms. The molecule has 1 aliphatic heterocycles. The molecular weight excluding hydrogens is 250 g/mol. The number of nitrogens with one attached hydrogen (secondary N) is 1. The van der Waals surface area contributed by atoms with Gasteiger partial charge in [-0.1, -0.05) is 30.3 Å². The number of amides is 1. The lowest BCUT2D eigenvalue weighted by molar-refractivity contribution is -0.130. The van der Waals surface area contributed by atoms with Gasteiger partial charge in [0.25, 0.3) is 0 Å². The number of likely N-dealkylation sites (tertiary alicyclic amines) is 1. The number of carbonyl (C=O) groups excluding carboxylic acids is 1. The fourth-order valence-corrected chi connectivity index (χ4v) is 2.62. The van der Waals surface area contributed by atoms with E-state index in [-0.39, 0.29) is 5.91 Å². The van der Waals surface area contributed by atoms with Gasteiger partial charge in [0.05, 0.1) is 6.07 Å². The quantitative estimate of drug-likeness (QED) is 0.907. The first kappa shape index (κ1) is 14.5. The molecular formula is C16H21N3O. The molecule has 1 N–H and O–H groups in total. The van der Waals surface area contributed by atoms with E-state index < -0.39 is 5.54 Å². The van der Waals surface area contributed by atoms with Crippen molar-refractivity contribution in [3.63, 3.8) is 0 Å². The predicted molar refractivity (Wildman–Crippen MR) is 78.0 cm³/mol. The summed E-state index contributed by atoms with van der Waals surface area (Å²) in [5, 5.41) is 12.8. The molecule has 1 aromatic rings. The van der Waals surface area contributed by atoms with E-state index in [1.807, 2.05) is 23.1 Å². The lowest BCUT2D eigenvalue weighted by Crippen LogP contribution is -2.53. The molecule has 106 valence electrons. The topological polar surface area (TPSA) is 56.1 Å². The number of benzene rings is 1. The van der Waals surface area contributed by atoms with Crippen molar-refractivity contribution in [1.29, 1.82) is 5.26 Å². The SMILES string of the molecule is CC(=O)N1CCC(C#N)(NCCc2ccccc2)CC1. The number of hydrogen-bond acceptors (Lipinski definition) is 3. The first-order chi connectivity index (χ1) is 9.65. The van der Waals surface area contributed by atoms with Crippen molar-refractivity contribution in [3.05, 3.63) is 35.9 Å². The Kier molecular flexibility index (Phi) is 4.75. The lowest BCUT2D eigenvalue weighted by atomic mass is 9.88. The molecule has 4 heteroatoms. The van der Waals surface area contributed by atoms with Gasteiger partial charge >= 0.3 is 0 Å². The summed E-state index contributed by atoms with van der Waals surface area (Å²) < 4.78 is 0. The van der Waals surface area contributed by atoms with Gasteiger partial charge in [-0.25, -0.2) is 0 Å². The Morgan fingerprint density at radius 2 is 2.00 bits per heavy atom. The maximum atomic E-state index is 11.3. The van der Waals surface area contributed by atoms with Gasteiger partial charge in [-0.15, -0.1) is 0 Å². The van der Waals surface area contributed by atoms with Gasteiger partial charge in [-0.3, -0.25) is 10.1 Å². The van der Waals surface area contributed by atoms with Gasteiger partial charge in [0.15, 0.2) is 0 Å². The number of hydrogen-bond donors (Lipinski definition) is 1. The number of rotatable bonds is 4. The maximum Gasteiger partial charge on any atom is 0.219 e. The third kappa shape index (κ3) is 3.58. The predicted octanol–water partition coefficient (Wildman–Crippen LogP) is 1.72. The molecule has 20 heavy (non-hydrogen) atoms. The van der Waals surface area contributed by atoms with Gasteiger partial charge < -0.3 is 4.90 Å². The highest BCUT2D eigenvalue weighted by atomic mass is 16.2. The summed E-state index contributed by atoms with van der Waals surface area (Å²) in [6.45, 7) is 3.71. The van der Waals surface area contributed by atoms with Crippen LogP contribution in [0.3, 0.4) is 0 Å². The second-order valence-electron chi connectivity index (χ2n) is 5.36. The van der Waals surface area contributed by atoms with E-state index in [0.717, 1.165) is 13.0 Å². The molecule has 1 amide bonds. The second-order valence-corrected chi connectivity index (χ2v) is 5.36. The number of piperidine rings is 1. The Balaban J connectivity index is 1.84. The Morgan fingerprint density at radius 1 is 1.35 bits per heavy atom. The zero-order valence-electron chi connectivity index (χ0n) is 11.9. The highest BCUT2D eigenvalue weighted by Crippen LogP contribution is 2.21. The van der Waals surface area contributed by atoms with Crippen LogP contribution in [0, 0.1) is 11.3 Å². The van der Waals surface area contributed by atoms with Gasteiger partial charge in [-0.2, -0.15) is 5.26 Å². The van der Waals surface area contributed by atoms with Crippen LogP contribution >= 0.6 is 0 Å². The van der Waals surface area contributed by atoms with Gasteiger partial charge in [0.2, 0.25) is 5.91 Å². The average Bonchev–Trinajstić information content (AvgIpc) is 2.49. The zero-order valence-corrected chi connectivity index (χ0v) is 11.9. The molecule has 4 nitrogen and oxygen atoms in total. The van der Waals surface area contributed by atoms with Crippen molar-refractivity contribution in [2.24, 2.45) is 0 Å². The molecule has 0 bridgehead atoms. The fraction of sp³-hybridized carbons (Fsp3) is 0.500. The summed E-state index contributed by atoms with van der Waals surface area (Å²) in [4.78, 5) is 13.1. The highest BCUT2D eigenvalue weighted by molar-refractivity contribution is 5.73. The molecule has 0 saturated carbocycles. The minimum Gasteiger partial charge on any atom is -0.343 e. The van der Waals surface area contributed by atoms with Crippen LogP contribution in [0.2, 0.25) is 0 Å². The van der Waals surface area contributed by atoms with E-state index in [0.29, 0.717) is 25.9 Å². The fourth-order valence-electron chi connectivity index (χ4n) is 2.62. The van der Waals surface area contributed by atoms with Crippen molar-refractivity contribution < 1.29 is 4.79 Å². The molecule has 2 rings (SSSR count). The summed E-state index contributed by atoms with van der Waals surface area (Å²) in [7, 11) is 0. The Morgan fingerprint density at radius 3 is 2.55 bits per heavy atom. The maximum absolute atomic E-state index is 11.3. The lowest BCUT2D eigenvalue weighted by Gasteiger charge is -2.37. The van der Waals surface area contributed by atoms with Crippen molar-refractivity contribution >= 4 is 5.91 Å². The Hall–Kier alpha value is -1.86. The molecule has 0 unspecified atom stereocenters. The molecule has 1 heterocycles. The molecule has 0 aromatic heterocycles. The van der Waals surface area contributed by atoms with Gasteiger partial charge in [-0.05, 0) is 24.8 Å². The van der Waals surface area contributed by atoms with Crippen LogP contribution in [0.4, 0.5) is 0 Å². The summed E-state index contributed by atoms with van der Waals surface area (Å²) in [5.74, 6) is 0.0980. The van der Waals surface area contributed by atoms with Crippen LogP contribution in [0.1, 0.15) is 25.3 Å². The van der Waals surface area contributed by atoms with Gasteiger partial charge in [0, 0.05) is 26.6 Å². The zero-order chi connectivity index (χ0) is 14.4. The number of nitrogens with zero attached hydrogens (tertiary/aromatic N) is 2.